The molecular weight excluding hydrogens is 664 g/mol. The fraction of sp³-hybridized carbons (Fsp3) is 0. The van der Waals surface area contributed by atoms with E-state index < -0.39 is 0 Å². The molecule has 8 heteroatoms. The van der Waals surface area contributed by atoms with Gasteiger partial charge in [-0.3, -0.25) is 0 Å². The maximum atomic E-state index is 3.98. The van der Waals surface area contributed by atoms with Crippen LogP contribution in [0.1, 0.15) is 0 Å². The Morgan fingerprint density at radius 2 is 0.853 bits per heavy atom. The number of hydrogen-bond donors (Lipinski definition) is 0. The maximum absolute atomic E-state index is 3.98. The van der Waals surface area contributed by atoms with E-state index in [1.165, 1.54) is 76.8 Å². The summed E-state index contributed by atoms with van der Waals surface area (Å²) in [5.74, 6) is 0. The Morgan fingerprint density at radius 1 is 0.441 bits per heavy atom. The van der Waals surface area contributed by atoms with Crippen molar-refractivity contribution < 1.29 is 0 Å². The largest absolute Gasteiger partial charge is 0.134 e. The van der Waals surface area contributed by atoms with Gasteiger partial charge in [0.2, 0.25) is 0 Å². The van der Waals surface area contributed by atoms with E-state index in [0.29, 0.717) is 0 Å². The lowest BCUT2D eigenvalue weighted by Gasteiger charge is -1.93. The minimum absolute atomic E-state index is 1.25. The van der Waals surface area contributed by atoms with E-state index in [9.17, 15) is 0 Å². The van der Waals surface area contributed by atoms with Crippen molar-refractivity contribution in [2.45, 2.75) is 0 Å². The van der Waals surface area contributed by atoms with E-state index in [-0.39, 0.29) is 0 Å². The fourth-order valence-electron chi connectivity index (χ4n) is 4.37. The molecule has 2 aromatic carbocycles. The van der Waals surface area contributed by atoms with E-state index in [4.69, 9.17) is 0 Å². The van der Waals surface area contributed by atoms with Gasteiger partial charge in [0.05, 0.1) is 46.9 Å². The zero-order chi connectivity index (χ0) is 22.6. The first-order valence-corrected chi connectivity index (χ1v) is 16.9. The molecule has 0 fully saturated rings. The van der Waals surface area contributed by atoms with Crippen molar-refractivity contribution in [2.24, 2.45) is 0 Å². The SMILES string of the molecule is Brc1c(-c2cc3ccccc3s2)sc2c1sc1c3sc(-c4cc5ccccc5s4)c(Br)c3sc21. The molecule has 0 aliphatic heterocycles. The fourth-order valence-corrected chi connectivity index (χ4v) is 14.7. The van der Waals surface area contributed by atoms with Crippen LogP contribution in [-0.4, -0.2) is 0 Å². The van der Waals surface area contributed by atoms with Crippen LogP contribution in [0.4, 0.5) is 0 Å². The second-order valence-corrected chi connectivity index (χ2v) is 15.8. The Labute approximate surface area is 235 Å². The second kappa shape index (κ2) is 7.70. The van der Waals surface area contributed by atoms with Gasteiger partial charge in [-0.15, -0.1) is 68.0 Å². The molecule has 0 N–H and O–H groups in total. The van der Waals surface area contributed by atoms with E-state index in [1.54, 1.807) is 0 Å². The number of rotatable bonds is 2. The van der Waals surface area contributed by atoms with Crippen molar-refractivity contribution >= 4 is 148 Å². The zero-order valence-electron chi connectivity index (χ0n) is 17.0. The quantitative estimate of drug-likeness (QED) is 0.171. The molecule has 0 aliphatic rings. The van der Waals surface area contributed by atoms with Crippen molar-refractivity contribution in [1.29, 1.82) is 0 Å². The molecule has 0 radical (unpaired) electrons. The van der Waals surface area contributed by atoms with Gasteiger partial charge in [-0.1, -0.05) is 36.4 Å². The third-order valence-corrected chi connectivity index (χ3v) is 16.7. The van der Waals surface area contributed by atoms with Gasteiger partial charge in [0.15, 0.2) is 0 Å². The number of thiophene rings is 6. The van der Waals surface area contributed by atoms with Gasteiger partial charge in [0, 0.05) is 19.2 Å². The van der Waals surface area contributed by atoms with Crippen molar-refractivity contribution in [3.63, 3.8) is 0 Å². The third kappa shape index (κ3) is 2.94. The van der Waals surface area contributed by atoms with Crippen molar-refractivity contribution in [1.82, 2.24) is 0 Å². The average Bonchev–Trinajstić information content (AvgIpc) is 3.65. The van der Waals surface area contributed by atoms with Crippen LogP contribution in [-0.2, 0) is 0 Å². The number of halogens is 2. The lowest BCUT2D eigenvalue weighted by atomic mass is 10.2. The molecule has 34 heavy (non-hydrogen) atoms. The average molecular weight is 675 g/mol. The molecule has 0 atom stereocenters. The molecule has 0 aliphatic carbocycles. The summed E-state index contributed by atoms with van der Waals surface area (Å²) >= 11 is 19.5. The van der Waals surface area contributed by atoms with Crippen LogP contribution in [0.3, 0.4) is 0 Å². The summed E-state index contributed by atoms with van der Waals surface area (Å²) in [6.45, 7) is 0. The smallest absolute Gasteiger partial charge is 0.0651 e. The van der Waals surface area contributed by atoms with Crippen molar-refractivity contribution in [2.75, 3.05) is 0 Å². The van der Waals surface area contributed by atoms with Crippen molar-refractivity contribution in [3.8, 4) is 19.5 Å². The second-order valence-electron chi connectivity index (χ2n) is 7.97. The first kappa shape index (κ1) is 21.0. The summed E-state index contributed by atoms with van der Waals surface area (Å²) in [6.07, 6.45) is 0. The van der Waals surface area contributed by atoms with Crippen LogP contribution < -0.4 is 0 Å². The highest BCUT2D eigenvalue weighted by molar-refractivity contribution is 9.11. The Morgan fingerprint density at radius 3 is 1.29 bits per heavy atom. The highest BCUT2D eigenvalue weighted by atomic mass is 79.9. The number of fused-ring (bicyclic) bond motifs is 7. The van der Waals surface area contributed by atoms with Gasteiger partial charge in [-0.2, -0.15) is 0 Å². The summed E-state index contributed by atoms with van der Waals surface area (Å²) in [5, 5.41) is 2.65. The molecule has 0 saturated heterocycles. The van der Waals surface area contributed by atoms with E-state index >= 15 is 0 Å². The predicted molar refractivity (Wildman–Crippen MR) is 168 cm³/mol. The van der Waals surface area contributed by atoms with Gasteiger partial charge in [0.1, 0.15) is 0 Å². The number of hydrogen-bond acceptors (Lipinski definition) is 6. The van der Waals surface area contributed by atoms with Crippen LogP contribution >= 0.6 is 99.9 Å². The topological polar surface area (TPSA) is 0 Å². The van der Waals surface area contributed by atoms with Crippen LogP contribution in [0.5, 0.6) is 0 Å². The number of benzene rings is 2. The van der Waals surface area contributed by atoms with E-state index in [0.717, 1.165) is 0 Å². The summed E-state index contributed by atoms with van der Waals surface area (Å²) in [6, 6.07) is 22.0. The molecule has 0 spiro atoms. The molecule has 6 heterocycles. The first-order chi connectivity index (χ1) is 16.7. The summed E-state index contributed by atoms with van der Waals surface area (Å²) in [5.41, 5.74) is 0. The van der Waals surface area contributed by atoms with Gasteiger partial charge < -0.3 is 0 Å². The normalized spacial score (nSPS) is 12.4. The molecular formula is C26H10Br2S6. The highest BCUT2D eigenvalue weighted by Gasteiger charge is 2.24. The van der Waals surface area contributed by atoms with Crippen molar-refractivity contribution in [3.05, 3.63) is 69.6 Å². The Kier molecular flexibility index (Phi) is 4.76. The van der Waals surface area contributed by atoms with Crippen LogP contribution in [0.25, 0.3) is 67.9 Å². The zero-order valence-corrected chi connectivity index (χ0v) is 25.0. The summed E-state index contributed by atoms with van der Waals surface area (Å²) < 4.78 is 13.7. The first-order valence-electron chi connectivity index (χ1n) is 10.4. The molecule has 8 rings (SSSR count). The monoisotopic (exact) mass is 672 g/mol. The minimum atomic E-state index is 1.25. The van der Waals surface area contributed by atoms with Gasteiger partial charge in [-0.25, -0.2) is 0 Å². The molecule has 0 bridgehead atoms. The van der Waals surface area contributed by atoms with E-state index in [2.05, 4.69) is 92.5 Å². The van der Waals surface area contributed by atoms with Crippen LogP contribution in [0.15, 0.2) is 69.6 Å². The minimum Gasteiger partial charge on any atom is -0.134 e. The molecule has 0 nitrogen and oxygen atoms in total. The lowest BCUT2D eigenvalue weighted by molar-refractivity contribution is 1.85. The van der Waals surface area contributed by atoms with Crippen LogP contribution in [0, 0.1) is 0 Å². The van der Waals surface area contributed by atoms with E-state index in [1.807, 2.05) is 68.0 Å². The summed E-state index contributed by atoms with van der Waals surface area (Å²) in [4.78, 5) is 5.40. The molecule has 0 unspecified atom stereocenters. The summed E-state index contributed by atoms with van der Waals surface area (Å²) in [7, 11) is 0. The maximum Gasteiger partial charge on any atom is 0.0651 e. The standard InChI is InChI=1S/C26H10Br2S6/c27-17-19(15-9-11-5-1-3-7-13(11)29-15)31-23-21(17)33-26-24-22(34-25(23)26)18(28)20(32-24)16-10-12-6-2-4-8-14(12)30-16/h1-10H. The van der Waals surface area contributed by atoms with Crippen LogP contribution in [0.2, 0.25) is 0 Å². The van der Waals surface area contributed by atoms with Gasteiger partial charge in [-0.05, 0) is 66.9 Å². The molecule has 0 saturated carbocycles. The Bertz CT molecular complexity index is 1840. The molecule has 164 valence electrons. The molecule has 6 aromatic heterocycles. The van der Waals surface area contributed by atoms with Gasteiger partial charge >= 0.3 is 0 Å². The predicted octanol–water partition coefficient (Wildman–Crippen LogP) is 12.7. The highest BCUT2D eigenvalue weighted by Crippen LogP contribution is 2.58. The molecule has 0 amide bonds. The molecule has 8 aromatic rings. The van der Waals surface area contributed by atoms with Gasteiger partial charge in [0.25, 0.3) is 0 Å². The lowest BCUT2D eigenvalue weighted by Crippen LogP contribution is -1.63. The third-order valence-electron chi connectivity index (χ3n) is 5.94. The Balaban J connectivity index is 1.32. The Hall–Kier alpha value is -1.10.